The number of anilines is 1. The van der Waals surface area contributed by atoms with E-state index in [0.29, 0.717) is 17.8 Å². The number of carboxylic acid groups (broad SMARTS) is 1. The third kappa shape index (κ3) is 2.86. The van der Waals surface area contributed by atoms with Crippen LogP contribution in [0, 0.1) is 6.92 Å². The van der Waals surface area contributed by atoms with E-state index in [2.05, 4.69) is 4.98 Å². The van der Waals surface area contributed by atoms with Gasteiger partial charge in [0.1, 0.15) is 5.56 Å². The molecule has 104 valence electrons. The monoisotopic (exact) mass is 284 g/mol. The number of aryl methyl sites for hydroxylation is 1. The summed E-state index contributed by atoms with van der Waals surface area (Å²) in [6.45, 7) is 1.77. The van der Waals surface area contributed by atoms with E-state index in [-0.39, 0.29) is 23.1 Å². The standard InChI is InChI=1S/C12H16N2O4S/c1-8-5-11(10(6-13-8)12(15)16)14(2)9-3-4-19(17,18)7-9/h5-6,9H,3-4,7H2,1-2H3,(H,15,16). The molecule has 1 aliphatic rings. The molecule has 1 saturated heterocycles. The van der Waals surface area contributed by atoms with E-state index in [4.69, 9.17) is 5.11 Å². The lowest BCUT2D eigenvalue weighted by Gasteiger charge is -2.27. The number of sulfone groups is 1. The highest BCUT2D eigenvalue weighted by atomic mass is 32.2. The average molecular weight is 284 g/mol. The van der Waals surface area contributed by atoms with Gasteiger partial charge in [-0.05, 0) is 19.4 Å². The van der Waals surface area contributed by atoms with Crippen LogP contribution in [0.15, 0.2) is 12.3 Å². The Bertz CT molecular complexity index is 612. The minimum absolute atomic E-state index is 0.0733. The van der Waals surface area contributed by atoms with Crippen LogP contribution < -0.4 is 4.90 Å². The lowest BCUT2D eigenvalue weighted by molar-refractivity contribution is 0.0697. The molecule has 0 aliphatic carbocycles. The molecule has 2 rings (SSSR count). The zero-order valence-corrected chi connectivity index (χ0v) is 11.6. The maximum Gasteiger partial charge on any atom is 0.339 e. The van der Waals surface area contributed by atoms with E-state index in [9.17, 15) is 13.2 Å². The van der Waals surface area contributed by atoms with Gasteiger partial charge in [-0.25, -0.2) is 13.2 Å². The van der Waals surface area contributed by atoms with Gasteiger partial charge < -0.3 is 10.0 Å². The topological polar surface area (TPSA) is 87.6 Å². The summed E-state index contributed by atoms with van der Waals surface area (Å²) < 4.78 is 23.0. The summed E-state index contributed by atoms with van der Waals surface area (Å²) in [5.74, 6) is -0.825. The molecule has 19 heavy (non-hydrogen) atoms. The fourth-order valence-electron chi connectivity index (χ4n) is 2.28. The molecule has 0 amide bonds. The van der Waals surface area contributed by atoms with E-state index in [1.807, 2.05) is 0 Å². The minimum Gasteiger partial charge on any atom is -0.478 e. The maximum absolute atomic E-state index is 11.5. The summed E-state index contributed by atoms with van der Waals surface area (Å²) in [6.07, 6.45) is 1.84. The van der Waals surface area contributed by atoms with Crippen LogP contribution in [-0.2, 0) is 9.84 Å². The first-order chi connectivity index (χ1) is 8.80. The molecular weight excluding hydrogens is 268 g/mol. The molecule has 0 saturated carbocycles. The summed E-state index contributed by atoms with van der Waals surface area (Å²) in [7, 11) is -1.27. The van der Waals surface area contributed by atoms with E-state index < -0.39 is 15.8 Å². The number of pyridine rings is 1. The van der Waals surface area contributed by atoms with E-state index >= 15 is 0 Å². The van der Waals surface area contributed by atoms with Crippen molar-refractivity contribution in [3.63, 3.8) is 0 Å². The summed E-state index contributed by atoms with van der Waals surface area (Å²) in [5, 5.41) is 9.17. The molecule has 0 radical (unpaired) electrons. The summed E-state index contributed by atoms with van der Waals surface area (Å²) in [6, 6.07) is 1.50. The van der Waals surface area contributed by atoms with Gasteiger partial charge in [-0.15, -0.1) is 0 Å². The summed E-state index contributed by atoms with van der Waals surface area (Å²) >= 11 is 0. The molecule has 6 nitrogen and oxygen atoms in total. The van der Waals surface area contributed by atoms with Crippen LogP contribution >= 0.6 is 0 Å². The molecule has 1 aromatic heterocycles. The van der Waals surface area contributed by atoms with Crippen LogP contribution in [0.1, 0.15) is 22.5 Å². The van der Waals surface area contributed by atoms with Gasteiger partial charge in [0, 0.05) is 25.0 Å². The molecule has 1 unspecified atom stereocenters. The van der Waals surface area contributed by atoms with Gasteiger partial charge in [0.15, 0.2) is 9.84 Å². The van der Waals surface area contributed by atoms with Gasteiger partial charge in [-0.3, -0.25) is 4.98 Å². The second-order valence-corrected chi connectivity index (χ2v) is 7.04. The Balaban J connectivity index is 2.36. The number of aromatic nitrogens is 1. The second kappa shape index (κ2) is 4.80. The summed E-state index contributed by atoms with van der Waals surface area (Å²) in [5.41, 5.74) is 1.31. The highest BCUT2D eigenvalue weighted by Gasteiger charge is 2.32. The fourth-order valence-corrected chi connectivity index (χ4v) is 4.05. The van der Waals surface area contributed by atoms with Crippen molar-refractivity contribution in [3.05, 3.63) is 23.5 Å². The van der Waals surface area contributed by atoms with Gasteiger partial charge in [-0.2, -0.15) is 0 Å². The van der Waals surface area contributed by atoms with Crippen molar-refractivity contribution in [2.24, 2.45) is 0 Å². The van der Waals surface area contributed by atoms with E-state index in [1.165, 1.54) is 6.20 Å². The smallest absolute Gasteiger partial charge is 0.339 e. The minimum atomic E-state index is -3.00. The van der Waals surface area contributed by atoms with Crippen molar-refractivity contribution in [2.75, 3.05) is 23.5 Å². The summed E-state index contributed by atoms with van der Waals surface area (Å²) in [4.78, 5) is 16.9. The van der Waals surface area contributed by atoms with Crippen molar-refractivity contribution in [1.82, 2.24) is 4.98 Å². The fraction of sp³-hybridized carbons (Fsp3) is 0.500. The number of carbonyl (C=O) groups is 1. The van der Waals surface area contributed by atoms with Crippen LogP contribution in [0.25, 0.3) is 0 Å². The first-order valence-electron chi connectivity index (χ1n) is 5.93. The Kier molecular flexibility index (Phi) is 3.49. The lowest BCUT2D eigenvalue weighted by Crippen LogP contribution is -2.33. The quantitative estimate of drug-likeness (QED) is 0.879. The number of hydrogen-bond acceptors (Lipinski definition) is 5. The number of rotatable bonds is 3. The lowest BCUT2D eigenvalue weighted by atomic mass is 10.1. The van der Waals surface area contributed by atoms with E-state index in [1.54, 1.807) is 24.9 Å². The Morgan fingerprint density at radius 3 is 2.74 bits per heavy atom. The van der Waals surface area contributed by atoms with Crippen LogP contribution in [0.4, 0.5) is 5.69 Å². The zero-order valence-electron chi connectivity index (χ0n) is 10.8. The molecule has 7 heteroatoms. The molecule has 0 aromatic carbocycles. The predicted molar refractivity (Wildman–Crippen MR) is 71.4 cm³/mol. The molecular formula is C12H16N2O4S. The van der Waals surface area contributed by atoms with Gasteiger partial charge in [0.05, 0.1) is 17.2 Å². The van der Waals surface area contributed by atoms with Crippen molar-refractivity contribution in [3.8, 4) is 0 Å². The SMILES string of the molecule is Cc1cc(N(C)C2CCS(=O)(=O)C2)c(C(=O)O)cn1. The average Bonchev–Trinajstić information content (AvgIpc) is 2.68. The Morgan fingerprint density at radius 2 is 2.21 bits per heavy atom. The van der Waals surface area contributed by atoms with Gasteiger partial charge >= 0.3 is 5.97 Å². The van der Waals surface area contributed by atoms with Crippen LogP contribution in [0.3, 0.4) is 0 Å². The van der Waals surface area contributed by atoms with Crippen LogP contribution in [-0.4, -0.2) is 49.1 Å². The predicted octanol–water partition coefficient (Wildman–Crippen LogP) is 0.712. The second-order valence-electron chi connectivity index (χ2n) is 4.82. The molecule has 1 aromatic rings. The van der Waals surface area contributed by atoms with Gasteiger partial charge in [0.2, 0.25) is 0 Å². The molecule has 0 bridgehead atoms. The molecule has 1 atom stereocenters. The molecule has 0 spiro atoms. The third-order valence-corrected chi connectivity index (χ3v) is 5.14. The normalized spacial score (nSPS) is 21.3. The first kappa shape index (κ1) is 13.8. The molecule has 1 fully saturated rings. The number of carboxylic acids is 1. The highest BCUT2D eigenvalue weighted by molar-refractivity contribution is 7.91. The third-order valence-electron chi connectivity index (χ3n) is 3.39. The number of nitrogens with zero attached hydrogens (tertiary/aromatic N) is 2. The van der Waals surface area contributed by atoms with Crippen molar-refractivity contribution in [1.29, 1.82) is 0 Å². The number of aromatic carboxylic acids is 1. The van der Waals surface area contributed by atoms with Crippen LogP contribution in [0.2, 0.25) is 0 Å². The Morgan fingerprint density at radius 1 is 1.53 bits per heavy atom. The number of hydrogen-bond donors (Lipinski definition) is 1. The molecule has 2 heterocycles. The maximum atomic E-state index is 11.5. The molecule has 1 aliphatic heterocycles. The first-order valence-corrected chi connectivity index (χ1v) is 7.75. The van der Waals surface area contributed by atoms with E-state index in [0.717, 1.165) is 0 Å². The van der Waals surface area contributed by atoms with Crippen molar-refractivity contribution in [2.45, 2.75) is 19.4 Å². The molecule has 1 N–H and O–H groups in total. The largest absolute Gasteiger partial charge is 0.478 e. The highest BCUT2D eigenvalue weighted by Crippen LogP contribution is 2.26. The Labute approximate surface area is 112 Å². The zero-order chi connectivity index (χ0) is 14.2. The van der Waals surface area contributed by atoms with Gasteiger partial charge in [0.25, 0.3) is 0 Å². The Hall–Kier alpha value is -1.63. The van der Waals surface area contributed by atoms with Crippen LogP contribution in [0.5, 0.6) is 0 Å². The van der Waals surface area contributed by atoms with Gasteiger partial charge in [-0.1, -0.05) is 0 Å². The van der Waals surface area contributed by atoms with Crippen molar-refractivity contribution >= 4 is 21.5 Å². The van der Waals surface area contributed by atoms with Crippen molar-refractivity contribution < 1.29 is 18.3 Å².